The van der Waals surface area contributed by atoms with E-state index in [4.69, 9.17) is 4.74 Å². The first-order valence-electron chi connectivity index (χ1n) is 10.1. The summed E-state index contributed by atoms with van der Waals surface area (Å²) >= 11 is 0. The number of imidazole rings is 1. The SMILES string of the molecule is C[C@@H]1CC2C[C@H](Oc3cnc(-c4ccc(-n5ccnc5)cc4O)nn3)[C@@H](F)C(C1)N2. The van der Waals surface area contributed by atoms with E-state index in [0.29, 0.717) is 17.9 Å². The van der Waals surface area contributed by atoms with Crippen LogP contribution in [0.15, 0.2) is 43.1 Å². The van der Waals surface area contributed by atoms with Crippen molar-refractivity contribution in [2.75, 3.05) is 0 Å². The lowest BCUT2D eigenvalue weighted by atomic mass is 9.79. The maximum atomic E-state index is 14.8. The van der Waals surface area contributed by atoms with Crippen LogP contribution in [0.1, 0.15) is 26.2 Å². The molecule has 30 heavy (non-hydrogen) atoms. The van der Waals surface area contributed by atoms with Crippen molar-refractivity contribution in [3.63, 3.8) is 0 Å². The van der Waals surface area contributed by atoms with Gasteiger partial charge in [-0.3, -0.25) is 0 Å². The first-order chi connectivity index (χ1) is 14.6. The summed E-state index contributed by atoms with van der Waals surface area (Å²) in [6, 6.07) is 5.24. The number of phenols is 1. The van der Waals surface area contributed by atoms with Crippen molar-refractivity contribution in [3.05, 3.63) is 43.1 Å². The fourth-order valence-electron chi connectivity index (χ4n) is 4.50. The molecule has 2 aromatic heterocycles. The van der Waals surface area contributed by atoms with Crippen molar-refractivity contribution in [3.8, 4) is 28.7 Å². The van der Waals surface area contributed by atoms with Gasteiger partial charge in [-0.25, -0.2) is 14.4 Å². The number of nitrogens with one attached hydrogen (secondary N) is 1. The monoisotopic (exact) mass is 410 g/mol. The molecule has 0 aliphatic carbocycles. The molecule has 8 nitrogen and oxygen atoms in total. The number of aromatic nitrogens is 5. The summed E-state index contributed by atoms with van der Waals surface area (Å²) in [5, 5.41) is 21.9. The van der Waals surface area contributed by atoms with Gasteiger partial charge in [-0.15, -0.1) is 10.2 Å². The van der Waals surface area contributed by atoms with Crippen molar-refractivity contribution in [1.29, 1.82) is 0 Å². The van der Waals surface area contributed by atoms with Gasteiger partial charge in [0.05, 0.1) is 23.8 Å². The Kier molecular flexibility index (Phi) is 4.82. The molecular weight excluding hydrogens is 387 g/mol. The van der Waals surface area contributed by atoms with E-state index in [1.54, 1.807) is 35.4 Å². The standard InChI is InChI=1S/C21H23FN6O2/c1-12-6-13-8-18(20(22)16(7-12)25-13)30-19-10-24-21(27-26-19)15-3-2-14(9-17(15)29)28-5-4-23-11-28/h2-5,9-13,16,18,20,25,29H,6-8H2,1H3/t12-,13?,16?,18+,20+/m1/s1. The molecule has 4 heterocycles. The second-order valence-electron chi connectivity index (χ2n) is 8.17. The lowest BCUT2D eigenvalue weighted by Gasteiger charge is -2.44. The van der Waals surface area contributed by atoms with Crippen molar-refractivity contribution in [2.24, 2.45) is 5.92 Å². The summed E-state index contributed by atoms with van der Waals surface area (Å²) in [6.07, 6.45) is 7.31. The molecule has 0 amide bonds. The molecule has 9 heteroatoms. The molecule has 0 saturated carbocycles. The average molecular weight is 410 g/mol. The Labute approximate surface area is 173 Å². The summed E-state index contributed by atoms with van der Waals surface area (Å²) in [6.45, 7) is 2.17. The van der Waals surface area contributed by atoms with Gasteiger partial charge in [-0.1, -0.05) is 6.92 Å². The van der Waals surface area contributed by atoms with E-state index in [1.165, 1.54) is 6.20 Å². The highest BCUT2D eigenvalue weighted by atomic mass is 19.1. The van der Waals surface area contributed by atoms with E-state index >= 15 is 0 Å². The summed E-state index contributed by atoms with van der Waals surface area (Å²) in [4.78, 5) is 8.26. The van der Waals surface area contributed by atoms with Crippen LogP contribution < -0.4 is 10.1 Å². The molecule has 2 aliphatic heterocycles. The number of fused-ring (bicyclic) bond motifs is 2. The molecule has 1 aromatic carbocycles. The van der Waals surface area contributed by atoms with E-state index in [9.17, 15) is 9.50 Å². The summed E-state index contributed by atoms with van der Waals surface area (Å²) < 4.78 is 22.4. The van der Waals surface area contributed by atoms with Crippen LogP contribution in [0.5, 0.6) is 11.6 Å². The van der Waals surface area contributed by atoms with Crippen LogP contribution in [0.4, 0.5) is 4.39 Å². The third kappa shape index (κ3) is 3.60. The number of nitrogens with zero attached hydrogens (tertiary/aromatic N) is 5. The zero-order valence-corrected chi connectivity index (χ0v) is 16.5. The average Bonchev–Trinajstić information content (AvgIpc) is 3.27. The number of alkyl halides is 1. The van der Waals surface area contributed by atoms with Crippen LogP contribution >= 0.6 is 0 Å². The summed E-state index contributed by atoms with van der Waals surface area (Å²) in [7, 11) is 0. The highest BCUT2D eigenvalue weighted by molar-refractivity contribution is 5.65. The maximum absolute atomic E-state index is 14.8. The second kappa shape index (κ2) is 7.64. The lowest BCUT2D eigenvalue weighted by molar-refractivity contribution is -0.00379. The van der Waals surface area contributed by atoms with E-state index < -0.39 is 12.3 Å². The van der Waals surface area contributed by atoms with Crippen molar-refractivity contribution >= 4 is 0 Å². The predicted octanol–water partition coefficient (Wildman–Crippen LogP) is 2.68. The molecule has 0 spiro atoms. The van der Waals surface area contributed by atoms with E-state index in [2.05, 4.69) is 32.4 Å². The van der Waals surface area contributed by atoms with Crippen LogP contribution in [-0.4, -0.2) is 54.2 Å². The van der Waals surface area contributed by atoms with Crippen LogP contribution in [0.2, 0.25) is 0 Å². The van der Waals surface area contributed by atoms with Crippen LogP contribution in [0, 0.1) is 5.92 Å². The topological polar surface area (TPSA) is 98.0 Å². The molecule has 2 N–H and O–H groups in total. The third-order valence-corrected chi connectivity index (χ3v) is 5.89. The molecular formula is C21H23FN6O2. The van der Waals surface area contributed by atoms with E-state index in [1.807, 2.05) is 6.07 Å². The number of ether oxygens (including phenoxy) is 1. The summed E-state index contributed by atoms with van der Waals surface area (Å²) in [5.41, 5.74) is 1.22. The molecule has 5 rings (SSSR count). The minimum Gasteiger partial charge on any atom is -0.507 e. The van der Waals surface area contributed by atoms with Gasteiger partial charge >= 0.3 is 0 Å². The first kappa shape index (κ1) is 18.9. The number of aromatic hydroxyl groups is 1. The Bertz CT molecular complexity index is 1010. The zero-order valence-electron chi connectivity index (χ0n) is 16.5. The van der Waals surface area contributed by atoms with Gasteiger partial charge in [0.2, 0.25) is 0 Å². The Balaban J connectivity index is 1.30. The predicted molar refractivity (Wildman–Crippen MR) is 107 cm³/mol. The fourth-order valence-corrected chi connectivity index (χ4v) is 4.50. The van der Waals surface area contributed by atoms with E-state index in [-0.39, 0.29) is 29.5 Å². The minimum atomic E-state index is -1.09. The number of halogens is 1. The van der Waals surface area contributed by atoms with Gasteiger partial charge < -0.3 is 19.7 Å². The molecule has 156 valence electrons. The Hall–Kier alpha value is -3.07. The number of hydrogen-bond donors (Lipinski definition) is 2. The Morgan fingerprint density at radius 3 is 2.87 bits per heavy atom. The molecule has 0 radical (unpaired) electrons. The third-order valence-electron chi connectivity index (χ3n) is 5.89. The zero-order chi connectivity index (χ0) is 20.7. The van der Waals surface area contributed by atoms with Crippen molar-refractivity contribution in [2.45, 2.75) is 50.5 Å². The van der Waals surface area contributed by atoms with Gasteiger partial charge in [0.25, 0.3) is 5.88 Å². The highest BCUT2D eigenvalue weighted by Crippen LogP contribution is 2.33. The lowest BCUT2D eigenvalue weighted by Crippen LogP contribution is -2.60. The quantitative estimate of drug-likeness (QED) is 0.682. The Morgan fingerprint density at radius 2 is 2.13 bits per heavy atom. The molecule has 2 bridgehead atoms. The fraction of sp³-hybridized carbons (Fsp3) is 0.429. The molecule has 5 atom stereocenters. The molecule has 2 unspecified atom stereocenters. The highest BCUT2D eigenvalue weighted by Gasteiger charge is 2.43. The number of rotatable bonds is 4. The van der Waals surface area contributed by atoms with Gasteiger partial charge in [0, 0.05) is 37.0 Å². The number of phenolic OH excluding ortho intramolecular Hbond substituents is 1. The molecule has 3 aromatic rings. The number of hydrogen-bond acceptors (Lipinski definition) is 7. The largest absolute Gasteiger partial charge is 0.507 e. The first-order valence-corrected chi connectivity index (χ1v) is 10.1. The summed E-state index contributed by atoms with van der Waals surface area (Å²) in [5.74, 6) is 1.01. The van der Waals surface area contributed by atoms with E-state index in [0.717, 1.165) is 18.5 Å². The smallest absolute Gasteiger partial charge is 0.252 e. The van der Waals surface area contributed by atoms with Crippen LogP contribution in [-0.2, 0) is 0 Å². The normalized spacial score (nSPS) is 28.3. The maximum Gasteiger partial charge on any atom is 0.252 e. The van der Waals surface area contributed by atoms with Crippen molar-refractivity contribution in [1.82, 2.24) is 30.0 Å². The van der Waals surface area contributed by atoms with Gasteiger partial charge in [0.15, 0.2) is 12.0 Å². The van der Waals surface area contributed by atoms with Crippen LogP contribution in [0.25, 0.3) is 17.1 Å². The number of piperidine rings is 2. The molecule has 2 fully saturated rings. The van der Waals surface area contributed by atoms with Crippen molar-refractivity contribution < 1.29 is 14.2 Å². The van der Waals surface area contributed by atoms with Gasteiger partial charge in [-0.2, -0.15) is 0 Å². The Morgan fingerprint density at radius 1 is 1.23 bits per heavy atom. The van der Waals surface area contributed by atoms with Crippen LogP contribution in [0.3, 0.4) is 0 Å². The molecule has 2 saturated heterocycles. The number of benzene rings is 1. The van der Waals surface area contributed by atoms with Gasteiger partial charge in [0.1, 0.15) is 11.9 Å². The van der Waals surface area contributed by atoms with Gasteiger partial charge in [-0.05, 0) is 30.9 Å². The second-order valence-corrected chi connectivity index (χ2v) is 8.17. The minimum absolute atomic E-state index is 0.0285. The molecule has 2 aliphatic rings.